The number of hydrogen-bond donors (Lipinski definition) is 1. The van der Waals surface area contributed by atoms with Gasteiger partial charge in [-0.05, 0) is 44.1 Å². The van der Waals surface area contributed by atoms with Crippen LogP contribution in [0.5, 0.6) is 0 Å². The molecule has 2 heterocycles. The summed E-state index contributed by atoms with van der Waals surface area (Å²) in [5, 5.41) is 3.86. The highest BCUT2D eigenvalue weighted by atomic mass is 32.2. The lowest BCUT2D eigenvalue weighted by Crippen LogP contribution is -2.41. The van der Waals surface area contributed by atoms with Crippen LogP contribution in [0, 0.1) is 12.8 Å². The van der Waals surface area contributed by atoms with Crippen LogP contribution in [-0.2, 0) is 10.0 Å². The van der Waals surface area contributed by atoms with Crippen LogP contribution in [0.2, 0.25) is 0 Å². The van der Waals surface area contributed by atoms with Crippen LogP contribution in [0.1, 0.15) is 35.1 Å². The fourth-order valence-electron chi connectivity index (χ4n) is 2.26. The molecule has 21 heavy (non-hydrogen) atoms. The number of likely N-dealkylation sites (tertiary alicyclic amines) is 1. The van der Waals surface area contributed by atoms with Gasteiger partial charge in [0.1, 0.15) is 4.88 Å². The van der Waals surface area contributed by atoms with Crippen molar-refractivity contribution in [1.29, 1.82) is 0 Å². The highest BCUT2D eigenvalue weighted by Crippen LogP contribution is 2.20. The molecular weight excluding hydrogens is 312 g/mol. The van der Waals surface area contributed by atoms with Gasteiger partial charge in [0.2, 0.25) is 10.0 Å². The summed E-state index contributed by atoms with van der Waals surface area (Å²) in [6.45, 7) is 5.15. The third kappa shape index (κ3) is 4.21. The molecule has 0 unspecified atom stereocenters. The maximum atomic E-state index is 12.3. The van der Waals surface area contributed by atoms with Crippen LogP contribution in [-0.4, -0.2) is 54.2 Å². The summed E-state index contributed by atoms with van der Waals surface area (Å²) >= 11 is 1.12. The first-order chi connectivity index (χ1) is 9.93. The average molecular weight is 332 g/mol. The molecular formula is C12H20N4O3S2. The first kappa shape index (κ1) is 16.3. The summed E-state index contributed by atoms with van der Waals surface area (Å²) in [4.78, 5) is 14.7. The summed E-state index contributed by atoms with van der Waals surface area (Å²) in [7, 11) is -3.14. The molecule has 0 bridgehead atoms. The van der Waals surface area contributed by atoms with Crippen LogP contribution in [0.15, 0.2) is 0 Å². The maximum Gasteiger partial charge on any atom is 0.267 e. The molecule has 0 radical (unpaired) electrons. The van der Waals surface area contributed by atoms with Crippen LogP contribution >= 0.6 is 11.5 Å². The Morgan fingerprint density at radius 3 is 2.62 bits per heavy atom. The van der Waals surface area contributed by atoms with Crippen molar-refractivity contribution < 1.29 is 13.2 Å². The monoisotopic (exact) mass is 332 g/mol. The van der Waals surface area contributed by atoms with Gasteiger partial charge in [-0.25, -0.2) is 13.1 Å². The number of sulfonamides is 1. The maximum absolute atomic E-state index is 12.3. The van der Waals surface area contributed by atoms with Gasteiger partial charge < -0.3 is 4.90 Å². The lowest BCUT2D eigenvalue weighted by molar-refractivity contribution is 0.0696. The molecule has 1 amide bonds. The van der Waals surface area contributed by atoms with Crippen molar-refractivity contribution in [2.75, 3.05) is 25.4 Å². The number of amides is 1. The van der Waals surface area contributed by atoms with Crippen molar-refractivity contribution in [2.45, 2.75) is 26.7 Å². The van der Waals surface area contributed by atoms with E-state index in [9.17, 15) is 13.2 Å². The number of piperidine rings is 1. The molecule has 1 aromatic heterocycles. The molecule has 1 saturated heterocycles. The van der Waals surface area contributed by atoms with E-state index in [-0.39, 0.29) is 17.6 Å². The molecule has 0 aliphatic carbocycles. The smallest absolute Gasteiger partial charge is 0.267 e. The van der Waals surface area contributed by atoms with Gasteiger partial charge in [-0.1, -0.05) is 4.49 Å². The molecule has 1 aromatic rings. The minimum Gasteiger partial charge on any atom is -0.338 e. The van der Waals surface area contributed by atoms with Gasteiger partial charge in [-0.2, -0.15) is 0 Å². The van der Waals surface area contributed by atoms with E-state index >= 15 is 0 Å². The number of nitrogens with zero attached hydrogens (tertiary/aromatic N) is 3. The fourth-order valence-corrected chi connectivity index (χ4v) is 3.58. The molecule has 1 aliphatic heterocycles. The Kier molecular flexibility index (Phi) is 5.28. The first-order valence-electron chi connectivity index (χ1n) is 6.98. The van der Waals surface area contributed by atoms with E-state index < -0.39 is 10.0 Å². The Labute approximate surface area is 128 Å². The lowest BCUT2D eigenvalue weighted by atomic mass is 9.97. The number of aryl methyl sites for hydroxylation is 1. The van der Waals surface area contributed by atoms with Crippen LogP contribution in [0.4, 0.5) is 0 Å². The third-order valence-corrected chi connectivity index (χ3v) is 5.90. The molecule has 9 heteroatoms. The van der Waals surface area contributed by atoms with Gasteiger partial charge in [-0.15, -0.1) is 5.10 Å². The summed E-state index contributed by atoms with van der Waals surface area (Å²) in [5.41, 5.74) is 0.669. The Morgan fingerprint density at radius 1 is 1.43 bits per heavy atom. The SMILES string of the molecule is CCS(=O)(=O)NCC1CCN(C(=O)c2snnc2C)CC1. The molecule has 118 valence electrons. The second-order valence-electron chi connectivity index (χ2n) is 5.17. The van der Waals surface area contributed by atoms with Crippen LogP contribution in [0.3, 0.4) is 0 Å². The number of carbonyl (C=O) groups is 1. The zero-order chi connectivity index (χ0) is 15.5. The largest absolute Gasteiger partial charge is 0.338 e. The number of carbonyl (C=O) groups excluding carboxylic acids is 1. The van der Waals surface area contributed by atoms with E-state index in [0.717, 1.165) is 24.4 Å². The Balaban J connectivity index is 1.84. The van der Waals surface area contributed by atoms with Gasteiger partial charge in [-0.3, -0.25) is 4.79 Å². The van der Waals surface area contributed by atoms with Crippen molar-refractivity contribution in [3.05, 3.63) is 10.6 Å². The third-order valence-electron chi connectivity index (χ3n) is 3.72. The summed E-state index contributed by atoms with van der Waals surface area (Å²) in [6, 6.07) is 0. The molecule has 1 N–H and O–H groups in total. The summed E-state index contributed by atoms with van der Waals surface area (Å²) < 4.78 is 29.2. The quantitative estimate of drug-likeness (QED) is 0.854. The Bertz CT molecular complexity index is 591. The van der Waals surface area contributed by atoms with E-state index in [1.54, 1.807) is 18.7 Å². The molecule has 0 atom stereocenters. The number of nitrogens with one attached hydrogen (secondary N) is 1. The lowest BCUT2D eigenvalue weighted by Gasteiger charge is -2.31. The molecule has 1 aliphatic rings. The van der Waals surface area contributed by atoms with E-state index in [1.165, 1.54) is 0 Å². The summed E-state index contributed by atoms with van der Waals surface area (Å²) in [5.74, 6) is 0.369. The molecule has 0 spiro atoms. The van der Waals surface area contributed by atoms with E-state index in [0.29, 0.717) is 30.2 Å². The zero-order valence-electron chi connectivity index (χ0n) is 12.2. The van der Waals surface area contributed by atoms with Crippen molar-refractivity contribution in [3.8, 4) is 0 Å². The standard InChI is InChI=1S/C12H20N4O3S2/c1-3-21(18,19)13-8-10-4-6-16(7-5-10)12(17)11-9(2)14-15-20-11/h10,13H,3-8H2,1-2H3. The van der Waals surface area contributed by atoms with Gasteiger partial charge in [0.25, 0.3) is 5.91 Å². The highest BCUT2D eigenvalue weighted by molar-refractivity contribution is 7.89. The average Bonchev–Trinajstić information content (AvgIpc) is 2.91. The Morgan fingerprint density at radius 2 is 2.10 bits per heavy atom. The number of rotatable bonds is 5. The van der Waals surface area contributed by atoms with E-state index in [1.807, 2.05) is 0 Å². The topological polar surface area (TPSA) is 92.3 Å². The van der Waals surface area contributed by atoms with Crippen molar-refractivity contribution in [3.63, 3.8) is 0 Å². The normalized spacial score (nSPS) is 17.1. The van der Waals surface area contributed by atoms with Gasteiger partial charge in [0.05, 0.1) is 11.4 Å². The number of aromatic nitrogens is 2. The zero-order valence-corrected chi connectivity index (χ0v) is 13.8. The Hall–Kier alpha value is -1.06. The van der Waals surface area contributed by atoms with Crippen molar-refractivity contribution in [1.82, 2.24) is 19.2 Å². The minimum atomic E-state index is -3.14. The first-order valence-corrected chi connectivity index (χ1v) is 9.41. The van der Waals surface area contributed by atoms with Crippen LogP contribution < -0.4 is 4.72 Å². The minimum absolute atomic E-state index is 0.0184. The molecule has 0 saturated carbocycles. The molecule has 0 aromatic carbocycles. The number of hydrogen-bond acceptors (Lipinski definition) is 6. The fraction of sp³-hybridized carbons (Fsp3) is 0.750. The van der Waals surface area contributed by atoms with Gasteiger partial charge in [0.15, 0.2) is 0 Å². The van der Waals surface area contributed by atoms with Crippen molar-refractivity contribution in [2.24, 2.45) is 5.92 Å². The molecule has 7 nitrogen and oxygen atoms in total. The van der Waals surface area contributed by atoms with Gasteiger partial charge in [0, 0.05) is 19.6 Å². The second-order valence-corrected chi connectivity index (χ2v) is 8.02. The highest BCUT2D eigenvalue weighted by Gasteiger charge is 2.26. The van der Waals surface area contributed by atoms with Gasteiger partial charge >= 0.3 is 0 Å². The predicted molar refractivity (Wildman–Crippen MR) is 80.7 cm³/mol. The molecule has 2 rings (SSSR count). The molecule has 1 fully saturated rings. The van der Waals surface area contributed by atoms with E-state index in [2.05, 4.69) is 14.3 Å². The summed E-state index contributed by atoms with van der Waals surface area (Å²) in [6.07, 6.45) is 1.62. The van der Waals surface area contributed by atoms with E-state index in [4.69, 9.17) is 0 Å². The predicted octanol–water partition coefficient (Wildman–Crippen LogP) is 0.638. The van der Waals surface area contributed by atoms with Crippen LogP contribution in [0.25, 0.3) is 0 Å². The second kappa shape index (κ2) is 6.80. The van der Waals surface area contributed by atoms with Crippen molar-refractivity contribution >= 4 is 27.5 Å².